The predicted molar refractivity (Wildman–Crippen MR) is 202 cm³/mol. The minimum atomic E-state index is 0.524. The van der Waals surface area contributed by atoms with Crippen molar-refractivity contribution >= 4 is 43.4 Å². The molecule has 0 aliphatic rings. The molecule has 0 radical (unpaired) electrons. The average molecular weight is 676 g/mol. The zero-order chi connectivity index (χ0) is 33.7. The van der Waals surface area contributed by atoms with E-state index in [2.05, 4.69) is 52.4 Å². The van der Waals surface area contributed by atoms with E-state index in [1.54, 1.807) is 48.5 Å². The number of nitrogens with zero attached hydrogens (tertiary/aromatic N) is 8. The van der Waals surface area contributed by atoms with Gasteiger partial charge in [0, 0.05) is 68.2 Å². The van der Waals surface area contributed by atoms with E-state index in [1.807, 2.05) is 71.5 Å². The molecule has 51 heavy (non-hydrogen) atoms. The highest BCUT2D eigenvalue weighted by atomic mass is 32.1. The van der Waals surface area contributed by atoms with Crippen molar-refractivity contribution in [3.63, 3.8) is 0 Å². The standard InChI is InChI=1S/C41H25N9S/c1-5-15-31-26(11-1)23-47-50(31)39-36(33-22-25-10-2-6-16-32(25)51-33)35(30-24-42-20-21-44-30)37(40-45-18-9-19-46-40)34(29-14-7-8-17-43-29)38(39)41-48-27-12-3-4-13-28(27)49-41/h1-24H,(H,48,49). The molecule has 240 valence electrons. The summed E-state index contributed by atoms with van der Waals surface area (Å²) in [6, 6.07) is 34.7. The Morgan fingerprint density at radius 2 is 1.33 bits per heavy atom. The molecular formula is C41H25N9S. The number of rotatable bonds is 6. The Bertz CT molecular complexity index is 2660. The van der Waals surface area contributed by atoms with Crippen molar-refractivity contribution in [2.24, 2.45) is 0 Å². The first-order valence-corrected chi connectivity index (χ1v) is 17.2. The number of fused-ring (bicyclic) bond motifs is 3. The molecule has 10 heteroatoms. The Morgan fingerprint density at radius 3 is 2.16 bits per heavy atom. The first-order valence-electron chi connectivity index (χ1n) is 16.4. The fraction of sp³-hybridized carbons (Fsp3) is 0. The van der Waals surface area contributed by atoms with Crippen molar-refractivity contribution in [3.8, 4) is 61.4 Å². The number of aromatic nitrogens is 9. The summed E-state index contributed by atoms with van der Waals surface area (Å²) < 4.78 is 3.19. The molecule has 0 fully saturated rings. The molecule has 0 aliphatic heterocycles. The predicted octanol–water partition coefficient (Wildman–Crippen LogP) is 9.43. The minimum Gasteiger partial charge on any atom is -0.338 e. The third-order valence-corrected chi connectivity index (χ3v) is 10.1. The van der Waals surface area contributed by atoms with Crippen molar-refractivity contribution in [2.75, 3.05) is 0 Å². The van der Waals surface area contributed by atoms with Crippen molar-refractivity contribution in [1.29, 1.82) is 0 Å². The molecule has 10 rings (SSSR count). The van der Waals surface area contributed by atoms with Gasteiger partial charge >= 0.3 is 0 Å². The van der Waals surface area contributed by atoms with Gasteiger partial charge in [0.15, 0.2) is 5.82 Å². The van der Waals surface area contributed by atoms with E-state index in [0.29, 0.717) is 17.3 Å². The van der Waals surface area contributed by atoms with Crippen molar-refractivity contribution in [3.05, 3.63) is 147 Å². The molecule has 0 atom stereocenters. The Morgan fingerprint density at radius 1 is 0.569 bits per heavy atom. The SMILES string of the molecule is c1ccc(-c2c(-c3ncccn3)c(-c3cnccn3)c(-c3cc4ccccc4s3)c(-n3ncc4ccccc43)c2-c2nc3ccccc3[nH]2)nc1. The summed E-state index contributed by atoms with van der Waals surface area (Å²) in [7, 11) is 0. The lowest BCUT2D eigenvalue weighted by molar-refractivity contribution is 0.913. The van der Waals surface area contributed by atoms with Crippen LogP contribution in [0.5, 0.6) is 0 Å². The lowest BCUT2D eigenvalue weighted by Gasteiger charge is -2.25. The van der Waals surface area contributed by atoms with Crippen LogP contribution in [0, 0.1) is 0 Å². The van der Waals surface area contributed by atoms with Gasteiger partial charge in [0.2, 0.25) is 0 Å². The number of aromatic amines is 1. The van der Waals surface area contributed by atoms with E-state index in [4.69, 9.17) is 30.0 Å². The zero-order valence-electron chi connectivity index (χ0n) is 26.8. The normalized spacial score (nSPS) is 11.5. The van der Waals surface area contributed by atoms with Crippen LogP contribution in [0.3, 0.4) is 0 Å². The van der Waals surface area contributed by atoms with Gasteiger partial charge in [-0.25, -0.2) is 19.6 Å². The maximum absolute atomic E-state index is 5.24. The van der Waals surface area contributed by atoms with Crippen molar-refractivity contribution < 1.29 is 0 Å². The van der Waals surface area contributed by atoms with E-state index < -0.39 is 0 Å². The molecule has 0 unspecified atom stereocenters. The summed E-state index contributed by atoms with van der Waals surface area (Å²) >= 11 is 1.71. The van der Waals surface area contributed by atoms with Gasteiger partial charge in [-0.2, -0.15) is 5.10 Å². The molecule has 10 aromatic rings. The highest BCUT2D eigenvalue weighted by Crippen LogP contribution is 2.54. The number of pyridine rings is 1. The molecule has 0 aliphatic carbocycles. The second-order valence-corrected chi connectivity index (χ2v) is 13.1. The minimum absolute atomic E-state index is 0.524. The molecule has 4 aromatic carbocycles. The summed E-state index contributed by atoms with van der Waals surface area (Å²) in [6.07, 6.45) is 12.4. The van der Waals surface area contributed by atoms with Crippen LogP contribution in [0.4, 0.5) is 0 Å². The summed E-state index contributed by atoms with van der Waals surface area (Å²) in [6.45, 7) is 0. The Labute approximate surface area is 295 Å². The van der Waals surface area contributed by atoms with Crippen LogP contribution >= 0.6 is 11.3 Å². The highest BCUT2D eigenvalue weighted by molar-refractivity contribution is 7.22. The quantitative estimate of drug-likeness (QED) is 0.187. The molecule has 1 N–H and O–H groups in total. The molecule has 0 spiro atoms. The van der Waals surface area contributed by atoms with E-state index in [-0.39, 0.29) is 0 Å². The summed E-state index contributed by atoms with van der Waals surface area (Å²) in [5, 5.41) is 7.25. The van der Waals surface area contributed by atoms with Crippen LogP contribution in [0.15, 0.2) is 147 Å². The van der Waals surface area contributed by atoms with E-state index in [0.717, 1.165) is 76.1 Å². The van der Waals surface area contributed by atoms with Gasteiger partial charge in [-0.05, 0) is 53.9 Å². The van der Waals surface area contributed by atoms with Gasteiger partial charge in [-0.15, -0.1) is 11.3 Å². The third kappa shape index (κ3) is 4.80. The van der Waals surface area contributed by atoms with Crippen LogP contribution < -0.4 is 0 Å². The van der Waals surface area contributed by atoms with Crippen LogP contribution in [0.2, 0.25) is 0 Å². The van der Waals surface area contributed by atoms with Crippen LogP contribution in [0.25, 0.3) is 93.4 Å². The topological polar surface area (TPSA) is 111 Å². The van der Waals surface area contributed by atoms with Crippen LogP contribution in [-0.4, -0.2) is 44.7 Å². The fourth-order valence-electron chi connectivity index (χ4n) is 6.85. The molecule has 6 heterocycles. The molecule has 0 saturated carbocycles. The first kappa shape index (κ1) is 29.0. The van der Waals surface area contributed by atoms with Gasteiger partial charge in [0.25, 0.3) is 0 Å². The summed E-state index contributed by atoms with van der Waals surface area (Å²) in [5.74, 6) is 1.19. The smallest absolute Gasteiger partial charge is 0.160 e. The van der Waals surface area contributed by atoms with Gasteiger partial charge in [0.05, 0.1) is 51.6 Å². The largest absolute Gasteiger partial charge is 0.338 e. The van der Waals surface area contributed by atoms with Gasteiger partial charge in [-0.1, -0.05) is 54.6 Å². The van der Waals surface area contributed by atoms with Crippen molar-refractivity contribution in [1.82, 2.24) is 44.7 Å². The molecule has 6 aromatic heterocycles. The van der Waals surface area contributed by atoms with E-state index in [1.165, 1.54) is 0 Å². The second kappa shape index (κ2) is 11.9. The monoisotopic (exact) mass is 675 g/mol. The molecular weight excluding hydrogens is 651 g/mol. The van der Waals surface area contributed by atoms with Crippen LogP contribution in [0.1, 0.15) is 0 Å². The van der Waals surface area contributed by atoms with Crippen LogP contribution in [-0.2, 0) is 0 Å². The van der Waals surface area contributed by atoms with Gasteiger partial charge in [0.1, 0.15) is 5.82 Å². The Balaban J connectivity index is 1.52. The number of benzene rings is 4. The lowest BCUT2D eigenvalue weighted by atomic mass is 9.84. The number of hydrogen-bond acceptors (Lipinski definition) is 8. The number of imidazole rings is 1. The highest BCUT2D eigenvalue weighted by Gasteiger charge is 2.34. The van der Waals surface area contributed by atoms with Crippen molar-refractivity contribution in [2.45, 2.75) is 0 Å². The van der Waals surface area contributed by atoms with E-state index in [9.17, 15) is 0 Å². The number of para-hydroxylation sites is 3. The maximum Gasteiger partial charge on any atom is 0.160 e. The zero-order valence-corrected chi connectivity index (χ0v) is 27.7. The average Bonchev–Trinajstić information content (AvgIpc) is 3.95. The first-order chi connectivity index (χ1) is 25.3. The number of nitrogens with one attached hydrogen (secondary N) is 1. The number of H-pyrrole nitrogens is 1. The Kier molecular flexibility index (Phi) is 6.78. The van der Waals surface area contributed by atoms with Gasteiger partial charge < -0.3 is 4.98 Å². The maximum atomic E-state index is 5.24. The molecule has 0 saturated heterocycles. The van der Waals surface area contributed by atoms with E-state index >= 15 is 0 Å². The Hall–Kier alpha value is -6.91. The number of thiophene rings is 1. The third-order valence-electron chi connectivity index (χ3n) is 8.99. The van der Waals surface area contributed by atoms with Gasteiger partial charge in [-0.3, -0.25) is 15.0 Å². The molecule has 9 nitrogen and oxygen atoms in total. The molecule has 0 bridgehead atoms. The number of hydrogen-bond donors (Lipinski definition) is 1. The molecule has 0 amide bonds. The fourth-order valence-corrected chi connectivity index (χ4v) is 7.96. The summed E-state index contributed by atoms with van der Waals surface area (Å²) in [4.78, 5) is 34.2. The summed E-state index contributed by atoms with van der Waals surface area (Å²) in [5.41, 5.74) is 8.99. The lowest BCUT2D eigenvalue weighted by Crippen LogP contribution is -2.09. The second-order valence-electron chi connectivity index (χ2n) is 12.0.